The number of carbonyl (C=O) groups excluding carboxylic acids is 1. The number of carboxylic acid groups (broad SMARTS) is 1. The molecule has 38 heavy (non-hydrogen) atoms. The summed E-state index contributed by atoms with van der Waals surface area (Å²) in [6.07, 6.45) is 6.34. The molecule has 7 nitrogen and oxygen atoms in total. The number of unbranched alkanes of at least 4 members (excludes halogenated alkanes) is 2. The maximum atomic E-state index is 14.8. The van der Waals surface area contributed by atoms with Gasteiger partial charge in [-0.15, -0.1) is 0 Å². The highest BCUT2D eigenvalue weighted by molar-refractivity contribution is 8.26. The SMILES string of the molecule is CCCOc1ccc(-c2nn(-c3ccccc3)cc2C=C2SC(=S)N(CCCCCC(=O)O)C2=O)cc1F. The zero-order chi connectivity index (χ0) is 27.1. The van der Waals surface area contributed by atoms with Gasteiger partial charge in [-0.2, -0.15) is 5.10 Å². The Hall–Kier alpha value is -3.50. The fraction of sp³-hybridized carbons (Fsp3) is 0.286. The molecular formula is C28H28FN3O4S2. The van der Waals surface area contributed by atoms with Crippen LogP contribution in [0.5, 0.6) is 5.75 Å². The van der Waals surface area contributed by atoms with Gasteiger partial charge in [0.1, 0.15) is 10.0 Å². The topological polar surface area (TPSA) is 84.7 Å². The second-order valence-corrected chi connectivity index (χ2v) is 10.4. The van der Waals surface area contributed by atoms with Crippen LogP contribution in [0.1, 0.15) is 44.6 Å². The first-order chi connectivity index (χ1) is 18.4. The quantitative estimate of drug-likeness (QED) is 0.160. The molecule has 2 aromatic carbocycles. The number of thiocarbonyl (C=S) groups is 1. The number of benzene rings is 2. The molecule has 4 rings (SSSR count). The van der Waals surface area contributed by atoms with E-state index in [0.29, 0.717) is 58.5 Å². The number of carbonyl (C=O) groups is 2. The van der Waals surface area contributed by atoms with Crippen LogP contribution in [0, 0.1) is 5.82 Å². The number of aliphatic carboxylic acids is 1. The van der Waals surface area contributed by atoms with Crippen LogP contribution in [0.2, 0.25) is 0 Å². The second kappa shape index (κ2) is 12.8. The molecule has 2 heterocycles. The number of nitrogens with zero attached hydrogens (tertiary/aromatic N) is 3. The molecule has 0 unspecified atom stereocenters. The molecule has 1 saturated heterocycles. The molecule has 198 valence electrons. The van der Waals surface area contributed by atoms with E-state index in [1.54, 1.807) is 27.8 Å². The van der Waals surface area contributed by atoms with Crippen molar-refractivity contribution in [3.63, 3.8) is 0 Å². The molecule has 3 aromatic rings. The van der Waals surface area contributed by atoms with E-state index in [1.807, 2.05) is 43.5 Å². The first-order valence-electron chi connectivity index (χ1n) is 12.4. The van der Waals surface area contributed by atoms with Crippen molar-refractivity contribution in [1.29, 1.82) is 0 Å². The van der Waals surface area contributed by atoms with Gasteiger partial charge in [0.05, 0.1) is 17.2 Å². The summed E-state index contributed by atoms with van der Waals surface area (Å²) >= 11 is 6.67. The number of para-hydroxylation sites is 1. The summed E-state index contributed by atoms with van der Waals surface area (Å²) in [6, 6.07) is 14.3. The van der Waals surface area contributed by atoms with E-state index in [1.165, 1.54) is 17.8 Å². The first-order valence-corrected chi connectivity index (χ1v) is 13.6. The van der Waals surface area contributed by atoms with Gasteiger partial charge < -0.3 is 9.84 Å². The molecule has 0 bridgehead atoms. The molecule has 1 N–H and O–H groups in total. The molecule has 1 fully saturated rings. The van der Waals surface area contributed by atoms with Crippen LogP contribution in [0.3, 0.4) is 0 Å². The minimum atomic E-state index is -0.826. The number of carboxylic acids is 1. The second-order valence-electron chi connectivity index (χ2n) is 8.74. The number of hydrogen-bond acceptors (Lipinski definition) is 6. The summed E-state index contributed by atoms with van der Waals surface area (Å²) in [6.45, 7) is 2.81. The molecule has 1 aromatic heterocycles. The summed E-state index contributed by atoms with van der Waals surface area (Å²) < 4.78 is 22.5. The van der Waals surface area contributed by atoms with Gasteiger partial charge in [-0.05, 0) is 55.7 Å². The van der Waals surface area contributed by atoms with Crippen molar-refractivity contribution in [3.05, 3.63) is 71.0 Å². The lowest BCUT2D eigenvalue weighted by atomic mass is 10.1. The number of rotatable bonds is 12. The van der Waals surface area contributed by atoms with Crippen molar-refractivity contribution in [2.24, 2.45) is 0 Å². The summed E-state index contributed by atoms with van der Waals surface area (Å²) in [5.74, 6) is -1.33. The molecule has 0 saturated carbocycles. The Morgan fingerprint density at radius 1 is 1.18 bits per heavy atom. The average molecular weight is 554 g/mol. The third-order valence-electron chi connectivity index (χ3n) is 5.86. The van der Waals surface area contributed by atoms with Crippen LogP contribution < -0.4 is 4.74 Å². The predicted octanol–water partition coefficient (Wildman–Crippen LogP) is 6.31. The fourth-order valence-corrected chi connectivity index (χ4v) is 5.26. The Morgan fingerprint density at radius 2 is 1.97 bits per heavy atom. The molecule has 10 heteroatoms. The Labute approximate surface area is 230 Å². The summed E-state index contributed by atoms with van der Waals surface area (Å²) in [7, 11) is 0. The number of aromatic nitrogens is 2. The maximum absolute atomic E-state index is 14.8. The van der Waals surface area contributed by atoms with E-state index in [-0.39, 0.29) is 18.1 Å². The summed E-state index contributed by atoms with van der Waals surface area (Å²) in [5, 5.41) is 13.5. The normalized spacial score (nSPS) is 14.5. The van der Waals surface area contributed by atoms with E-state index in [2.05, 4.69) is 0 Å². The average Bonchev–Trinajstić information content (AvgIpc) is 3.44. The standard InChI is InChI=1S/C28H28FN3O4S2/c1-2-15-36-23-13-12-19(16-22(23)29)26-20(18-32(30-26)21-9-5-3-6-10-21)17-24-27(35)31(28(37)38-24)14-8-4-7-11-25(33)34/h3,5-6,9-10,12-13,16-18H,2,4,7-8,11,14-15H2,1H3,(H,33,34). The van der Waals surface area contributed by atoms with Crippen molar-refractivity contribution in [3.8, 4) is 22.7 Å². The summed E-state index contributed by atoms with van der Waals surface area (Å²) in [4.78, 5) is 25.9. The van der Waals surface area contributed by atoms with E-state index >= 15 is 0 Å². The third-order valence-corrected chi connectivity index (χ3v) is 7.24. The molecule has 0 aliphatic carbocycles. The van der Waals surface area contributed by atoms with Crippen molar-refractivity contribution in [2.45, 2.75) is 39.0 Å². The van der Waals surface area contributed by atoms with Gasteiger partial charge in [0, 0.05) is 30.3 Å². The maximum Gasteiger partial charge on any atom is 0.303 e. The number of ether oxygens (including phenoxy) is 1. The van der Waals surface area contributed by atoms with Gasteiger partial charge in [-0.1, -0.05) is 55.5 Å². The minimum absolute atomic E-state index is 0.110. The first kappa shape index (κ1) is 27.5. The Balaban J connectivity index is 1.62. The van der Waals surface area contributed by atoms with E-state index < -0.39 is 11.8 Å². The highest BCUT2D eigenvalue weighted by Crippen LogP contribution is 2.35. The molecule has 1 aliphatic heterocycles. The van der Waals surface area contributed by atoms with E-state index in [9.17, 15) is 14.0 Å². The molecule has 1 aliphatic rings. The number of amides is 1. The third kappa shape index (κ3) is 6.68. The zero-order valence-electron chi connectivity index (χ0n) is 20.9. The van der Waals surface area contributed by atoms with Gasteiger partial charge in [-0.3, -0.25) is 14.5 Å². The lowest BCUT2D eigenvalue weighted by Crippen LogP contribution is -2.29. The number of halogens is 1. The summed E-state index contributed by atoms with van der Waals surface area (Å²) in [5.41, 5.74) is 2.55. The van der Waals surface area contributed by atoms with Crippen LogP contribution >= 0.6 is 24.0 Å². The van der Waals surface area contributed by atoms with Gasteiger partial charge >= 0.3 is 5.97 Å². The largest absolute Gasteiger partial charge is 0.491 e. The van der Waals surface area contributed by atoms with Crippen LogP contribution in [0.4, 0.5) is 4.39 Å². The van der Waals surface area contributed by atoms with Crippen molar-refractivity contribution in [2.75, 3.05) is 13.2 Å². The molecule has 0 radical (unpaired) electrons. The minimum Gasteiger partial charge on any atom is -0.491 e. The Morgan fingerprint density at radius 3 is 2.68 bits per heavy atom. The van der Waals surface area contributed by atoms with Crippen LogP contribution in [0.15, 0.2) is 59.6 Å². The highest BCUT2D eigenvalue weighted by Gasteiger charge is 2.32. The van der Waals surface area contributed by atoms with Crippen LogP contribution in [-0.2, 0) is 9.59 Å². The Kier molecular flexibility index (Phi) is 9.30. The smallest absolute Gasteiger partial charge is 0.303 e. The highest BCUT2D eigenvalue weighted by atomic mass is 32.2. The monoisotopic (exact) mass is 553 g/mol. The van der Waals surface area contributed by atoms with Gasteiger partial charge in [0.25, 0.3) is 5.91 Å². The zero-order valence-corrected chi connectivity index (χ0v) is 22.6. The van der Waals surface area contributed by atoms with Gasteiger partial charge in [0.2, 0.25) is 0 Å². The number of thioether (sulfide) groups is 1. The molecule has 1 amide bonds. The van der Waals surface area contributed by atoms with Crippen molar-refractivity contribution in [1.82, 2.24) is 14.7 Å². The van der Waals surface area contributed by atoms with E-state index in [4.69, 9.17) is 27.2 Å². The van der Waals surface area contributed by atoms with Gasteiger partial charge in [0.15, 0.2) is 11.6 Å². The lowest BCUT2D eigenvalue weighted by Gasteiger charge is -2.13. The lowest BCUT2D eigenvalue weighted by molar-refractivity contribution is -0.137. The fourth-order valence-electron chi connectivity index (χ4n) is 3.96. The van der Waals surface area contributed by atoms with Crippen LogP contribution in [-0.4, -0.2) is 49.1 Å². The van der Waals surface area contributed by atoms with Crippen LogP contribution in [0.25, 0.3) is 23.0 Å². The molecule has 0 spiro atoms. The predicted molar refractivity (Wildman–Crippen MR) is 151 cm³/mol. The van der Waals surface area contributed by atoms with E-state index in [0.717, 1.165) is 12.1 Å². The van der Waals surface area contributed by atoms with Crippen molar-refractivity contribution < 1.29 is 23.8 Å². The molecular weight excluding hydrogens is 525 g/mol. The Bertz CT molecular complexity index is 1360. The number of hydrogen-bond donors (Lipinski definition) is 1. The van der Waals surface area contributed by atoms with Gasteiger partial charge in [-0.25, -0.2) is 9.07 Å². The molecule has 0 atom stereocenters. The van der Waals surface area contributed by atoms with Crippen molar-refractivity contribution >= 4 is 46.3 Å².